The first-order valence-corrected chi connectivity index (χ1v) is 9.43. The molecule has 4 aromatic heterocycles. The molecule has 2 amide bonds. The molecule has 0 aromatic carbocycles. The van der Waals surface area contributed by atoms with E-state index in [1.807, 2.05) is 0 Å². The van der Waals surface area contributed by atoms with Crippen LogP contribution in [0.2, 0.25) is 0 Å². The summed E-state index contributed by atoms with van der Waals surface area (Å²) in [5.74, 6) is -1.40. The summed E-state index contributed by atoms with van der Waals surface area (Å²) in [5, 5.41) is 11.2. The fourth-order valence-corrected chi connectivity index (χ4v) is 2.99. The van der Waals surface area contributed by atoms with Gasteiger partial charge < -0.3 is 0 Å². The molecular weight excluding hydrogens is 475 g/mol. The van der Waals surface area contributed by atoms with Gasteiger partial charge in [0.25, 0.3) is 5.56 Å². The van der Waals surface area contributed by atoms with Gasteiger partial charge in [0.05, 0.1) is 24.2 Å². The number of nitrogens with one attached hydrogen (secondary N) is 2. The first kappa shape index (κ1) is 23.0. The number of anilines is 1. The van der Waals surface area contributed by atoms with Crippen LogP contribution >= 0.6 is 0 Å². The van der Waals surface area contributed by atoms with Crippen LogP contribution in [0.25, 0.3) is 22.4 Å². The Kier molecular flexibility index (Phi) is 5.70. The standard InChI is InChI=1S/C18H12F3N11O3/c1-30-13-12(14(33)31(3-2-22)17(30)35)32(8-26-13)29-16(34)28-11-7-23-6-10(27-11)9-4-24-15(25-5-9)18(19,20)21/h4-8H,3H2,1H3,(H2,27,28,29,34). The smallest absolute Gasteiger partial charge is 0.290 e. The average molecular weight is 487 g/mol. The van der Waals surface area contributed by atoms with Gasteiger partial charge >= 0.3 is 17.9 Å². The van der Waals surface area contributed by atoms with Crippen LogP contribution in [0.1, 0.15) is 5.82 Å². The minimum absolute atomic E-state index is 0.0291. The maximum absolute atomic E-state index is 12.7. The van der Waals surface area contributed by atoms with E-state index in [4.69, 9.17) is 5.26 Å². The van der Waals surface area contributed by atoms with E-state index in [2.05, 4.69) is 35.7 Å². The molecule has 14 nitrogen and oxygen atoms in total. The number of fused-ring (bicyclic) bond motifs is 1. The van der Waals surface area contributed by atoms with Crippen molar-refractivity contribution < 1.29 is 18.0 Å². The van der Waals surface area contributed by atoms with Crippen LogP contribution in [0.5, 0.6) is 0 Å². The highest BCUT2D eigenvalue weighted by Gasteiger charge is 2.34. The minimum atomic E-state index is -4.70. The third kappa shape index (κ3) is 4.39. The van der Waals surface area contributed by atoms with Crippen LogP contribution in [-0.2, 0) is 19.8 Å². The van der Waals surface area contributed by atoms with E-state index < -0.39 is 35.8 Å². The summed E-state index contributed by atoms with van der Waals surface area (Å²) in [6.45, 7) is -0.505. The fourth-order valence-electron chi connectivity index (χ4n) is 2.99. The number of alkyl halides is 3. The number of imidazole rings is 1. The van der Waals surface area contributed by atoms with Crippen molar-refractivity contribution in [1.82, 2.24) is 38.7 Å². The molecule has 0 aliphatic heterocycles. The summed E-state index contributed by atoms with van der Waals surface area (Å²) >= 11 is 0. The van der Waals surface area contributed by atoms with E-state index in [-0.39, 0.29) is 28.2 Å². The monoisotopic (exact) mass is 487 g/mol. The Morgan fingerprint density at radius 1 is 1.14 bits per heavy atom. The van der Waals surface area contributed by atoms with Crippen molar-refractivity contribution in [1.29, 1.82) is 5.26 Å². The van der Waals surface area contributed by atoms with E-state index in [1.54, 1.807) is 6.07 Å². The number of amides is 2. The zero-order chi connectivity index (χ0) is 25.3. The van der Waals surface area contributed by atoms with E-state index in [0.29, 0.717) is 4.57 Å². The Bertz CT molecular complexity index is 1600. The van der Waals surface area contributed by atoms with Crippen LogP contribution < -0.4 is 22.0 Å². The zero-order valence-corrected chi connectivity index (χ0v) is 17.5. The molecule has 0 spiro atoms. The number of nitriles is 1. The second-order valence-corrected chi connectivity index (χ2v) is 6.83. The van der Waals surface area contributed by atoms with Gasteiger partial charge in [0.2, 0.25) is 5.82 Å². The molecule has 4 heterocycles. The summed E-state index contributed by atoms with van der Waals surface area (Å²) in [4.78, 5) is 55.8. The Morgan fingerprint density at radius 3 is 2.51 bits per heavy atom. The number of nitrogens with zero attached hydrogens (tertiary/aromatic N) is 9. The third-order valence-electron chi connectivity index (χ3n) is 4.56. The molecule has 0 unspecified atom stereocenters. The van der Waals surface area contributed by atoms with Crippen molar-refractivity contribution in [3.05, 3.63) is 57.8 Å². The number of aromatic nitrogens is 8. The second-order valence-electron chi connectivity index (χ2n) is 6.83. The summed E-state index contributed by atoms with van der Waals surface area (Å²) in [6, 6.07) is 0.823. The molecule has 17 heteroatoms. The minimum Gasteiger partial charge on any atom is -0.290 e. The van der Waals surface area contributed by atoms with E-state index in [1.165, 1.54) is 19.4 Å². The number of urea groups is 1. The van der Waals surface area contributed by atoms with E-state index in [0.717, 1.165) is 28.0 Å². The maximum Gasteiger partial charge on any atom is 0.451 e. The molecule has 0 aliphatic carbocycles. The highest BCUT2D eigenvalue weighted by atomic mass is 19.4. The molecule has 4 aromatic rings. The lowest BCUT2D eigenvalue weighted by Crippen LogP contribution is -2.40. The Hall–Kier alpha value is -5.14. The number of rotatable bonds is 4. The first-order valence-electron chi connectivity index (χ1n) is 9.43. The average Bonchev–Trinajstić information content (AvgIpc) is 3.23. The number of hydrogen-bond donors (Lipinski definition) is 2. The molecule has 0 saturated carbocycles. The number of hydrogen-bond acceptors (Lipinski definition) is 9. The molecule has 0 aliphatic rings. The number of halogens is 3. The molecule has 0 fully saturated rings. The molecule has 35 heavy (non-hydrogen) atoms. The van der Waals surface area contributed by atoms with Gasteiger partial charge in [-0.2, -0.15) is 18.4 Å². The van der Waals surface area contributed by atoms with Gasteiger partial charge in [-0.05, 0) is 0 Å². The summed E-state index contributed by atoms with van der Waals surface area (Å²) in [6.07, 6.45) is 0.618. The highest BCUT2D eigenvalue weighted by molar-refractivity contribution is 5.95. The lowest BCUT2D eigenvalue weighted by molar-refractivity contribution is -0.144. The van der Waals surface area contributed by atoms with Gasteiger partial charge in [0.15, 0.2) is 17.0 Å². The van der Waals surface area contributed by atoms with Gasteiger partial charge in [-0.3, -0.25) is 19.7 Å². The number of carbonyl (C=O) groups excluding carboxylic acids is 1. The Morgan fingerprint density at radius 2 is 1.86 bits per heavy atom. The molecule has 0 saturated heterocycles. The van der Waals surface area contributed by atoms with Crippen molar-refractivity contribution >= 4 is 23.0 Å². The lowest BCUT2D eigenvalue weighted by atomic mass is 10.2. The quantitative estimate of drug-likeness (QED) is 0.414. The van der Waals surface area contributed by atoms with Crippen molar-refractivity contribution in [2.24, 2.45) is 7.05 Å². The molecule has 178 valence electrons. The lowest BCUT2D eigenvalue weighted by Gasteiger charge is -2.10. The predicted molar refractivity (Wildman–Crippen MR) is 111 cm³/mol. The van der Waals surface area contributed by atoms with Crippen LogP contribution in [0.15, 0.2) is 40.7 Å². The van der Waals surface area contributed by atoms with Gasteiger partial charge in [-0.1, -0.05) is 0 Å². The summed E-state index contributed by atoms with van der Waals surface area (Å²) < 4.78 is 40.6. The first-order chi connectivity index (χ1) is 16.6. The summed E-state index contributed by atoms with van der Waals surface area (Å²) in [5.41, 5.74) is 0.741. The van der Waals surface area contributed by atoms with Gasteiger partial charge in [0, 0.05) is 25.0 Å². The zero-order valence-electron chi connectivity index (χ0n) is 17.5. The van der Waals surface area contributed by atoms with Crippen molar-refractivity contribution in [3.8, 4) is 17.3 Å². The van der Waals surface area contributed by atoms with E-state index in [9.17, 15) is 27.6 Å². The normalized spacial score (nSPS) is 11.3. The fraction of sp³-hybridized carbons (Fsp3) is 0.167. The molecule has 0 bridgehead atoms. The topological polar surface area (TPSA) is 178 Å². The summed E-state index contributed by atoms with van der Waals surface area (Å²) in [7, 11) is 1.35. The van der Waals surface area contributed by atoms with E-state index >= 15 is 0 Å². The second kappa shape index (κ2) is 8.66. The Balaban J connectivity index is 1.58. The third-order valence-corrected chi connectivity index (χ3v) is 4.56. The SMILES string of the molecule is Cn1c(=O)n(CC#N)c(=O)c2c1ncn2NC(=O)Nc1cncc(-c2cnc(C(F)(F)F)nc2)n1. The van der Waals surface area contributed by atoms with Crippen molar-refractivity contribution in [2.45, 2.75) is 12.7 Å². The van der Waals surface area contributed by atoms with Crippen LogP contribution in [0.3, 0.4) is 0 Å². The largest absolute Gasteiger partial charge is 0.451 e. The van der Waals surface area contributed by atoms with Gasteiger partial charge in [-0.15, -0.1) is 0 Å². The number of aryl methyl sites for hydroxylation is 1. The Labute approximate surface area is 191 Å². The predicted octanol–water partition coefficient (Wildman–Crippen LogP) is 0.462. The molecule has 0 atom stereocenters. The van der Waals surface area contributed by atoms with Crippen molar-refractivity contribution in [3.63, 3.8) is 0 Å². The van der Waals surface area contributed by atoms with Gasteiger partial charge in [-0.25, -0.2) is 44.2 Å². The molecule has 2 N–H and O–H groups in total. The van der Waals surface area contributed by atoms with Crippen LogP contribution in [0.4, 0.5) is 23.8 Å². The van der Waals surface area contributed by atoms with Crippen LogP contribution in [0, 0.1) is 11.3 Å². The highest BCUT2D eigenvalue weighted by Crippen LogP contribution is 2.26. The van der Waals surface area contributed by atoms with Crippen molar-refractivity contribution in [2.75, 3.05) is 10.7 Å². The molecule has 0 radical (unpaired) electrons. The molecular formula is C18H12F3N11O3. The number of carbonyl (C=O) groups is 1. The van der Waals surface area contributed by atoms with Gasteiger partial charge in [0.1, 0.15) is 12.9 Å². The van der Waals surface area contributed by atoms with Crippen LogP contribution in [-0.4, -0.2) is 44.8 Å². The maximum atomic E-state index is 12.7. The molecule has 4 rings (SSSR count).